The maximum Gasteiger partial charge on any atom is 0.332 e. The molecule has 1 aliphatic heterocycles. The lowest BCUT2D eigenvalue weighted by molar-refractivity contribution is 0.323. The lowest BCUT2D eigenvalue weighted by Gasteiger charge is -2.19. The third kappa shape index (κ3) is 3.57. The number of para-hydroxylation sites is 1. The van der Waals surface area contributed by atoms with Gasteiger partial charge in [0.1, 0.15) is 29.4 Å². The largest absolute Gasteiger partial charge is 0.490 e. The number of ether oxygens (including phenoxy) is 2. The summed E-state index contributed by atoms with van der Waals surface area (Å²) < 4.78 is 13.0. The number of fused-ring (bicyclic) bond motifs is 2. The number of hydrogen-bond acceptors (Lipinski definition) is 6. The van der Waals surface area contributed by atoms with Crippen molar-refractivity contribution in [2.24, 2.45) is 0 Å². The summed E-state index contributed by atoms with van der Waals surface area (Å²) in [7, 11) is 0. The average Bonchev–Trinajstić information content (AvgIpc) is 3.20. The predicted octanol–water partition coefficient (Wildman–Crippen LogP) is 4.37. The highest BCUT2D eigenvalue weighted by atomic mass is 16.5. The molecule has 3 aromatic carbocycles. The molecule has 0 aliphatic carbocycles. The number of rotatable bonds is 4. The predicted molar refractivity (Wildman–Crippen MR) is 125 cm³/mol. The van der Waals surface area contributed by atoms with Crippen LogP contribution in [0.4, 0.5) is 5.69 Å². The van der Waals surface area contributed by atoms with E-state index in [1.165, 1.54) is 0 Å². The summed E-state index contributed by atoms with van der Waals surface area (Å²) in [5.41, 5.74) is 3.22. The van der Waals surface area contributed by atoms with Gasteiger partial charge in [0.15, 0.2) is 11.5 Å². The van der Waals surface area contributed by atoms with E-state index in [4.69, 9.17) is 9.47 Å². The van der Waals surface area contributed by atoms with Gasteiger partial charge in [-0.15, -0.1) is 0 Å². The molecule has 2 N–H and O–H groups in total. The molecule has 0 radical (unpaired) electrons. The minimum atomic E-state index is -0.284. The van der Waals surface area contributed by atoms with E-state index in [0.717, 1.165) is 29.3 Å². The summed E-state index contributed by atoms with van der Waals surface area (Å²) in [6, 6.07) is 22.6. The minimum Gasteiger partial charge on any atom is -0.490 e. The third-order valence-corrected chi connectivity index (χ3v) is 5.43. The number of aromatic amines is 1. The van der Waals surface area contributed by atoms with Crippen LogP contribution < -0.4 is 20.5 Å². The van der Waals surface area contributed by atoms with Gasteiger partial charge in [0.05, 0.1) is 17.6 Å². The van der Waals surface area contributed by atoms with E-state index >= 15 is 0 Å². The van der Waals surface area contributed by atoms with Crippen LogP contribution in [0.3, 0.4) is 0 Å². The van der Waals surface area contributed by atoms with Crippen LogP contribution in [-0.4, -0.2) is 32.7 Å². The number of hydrogen-bond donors (Lipinski definition) is 2. The molecule has 8 heteroatoms. The summed E-state index contributed by atoms with van der Waals surface area (Å²) in [5, 5.41) is 3.31. The van der Waals surface area contributed by atoms with Crippen LogP contribution in [0.1, 0.15) is 0 Å². The number of nitrogens with one attached hydrogen (secondary N) is 2. The molecule has 162 valence electrons. The highest BCUT2D eigenvalue weighted by molar-refractivity contribution is 5.76. The van der Waals surface area contributed by atoms with Gasteiger partial charge in [-0.2, -0.15) is 0 Å². The molecule has 0 saturated carbocycles. The number of nitrogens with zero attached hydrogens (tertiary/aromatic N) is 3. The quantitative estimate of drug-likeness (QED) is 0.434. The molecule has 0 unspecified atom stereocenters. The molecule has 33 heavy (non-hydrogen) atoms. The van der Waals surface area contributed by atoms with E-state index in [2.05, 4.69) is 20.3 Å². The number of anilines is 1. The topological polar surface area (TPSA) is 94.1 Å². The fraction of sp³-hybridized carbons (Fsp3) is 0.0800. The molecular formula is C25H19N5O3. The van der Waals surface area contributed by atoms with E-state index in [0.29, 0.717) is 35.0 Å². The van der Waals surface area contributed by atoms with Gasteiger partial charge in [-0.1, -0.05) is 18.2 Å². The Morgan fingerprint density at radius 3 is 2.64 bits per heavy atom. The fourth-order valence-electron chi connectivity index (χ4n) is 3.86. The first kappa shape index (κ1) is 19.1. The lowest BCUT2D eigenvalue weighted by atomic mass is 10.1. The van der Waals surface area contributed by atoms with Crippen molar-refractivity contribution in [1.82, 2.24) is 19.5 Å². The van der Waals surface area contributed by atoms with Crippen molar-refractivity contribution < 1.29 is 9.47 Å². The first-order valence-corrected chi connectivity index (χ1v) is 10.6. The second kappa shape index (κ2) is 7.83. The van der Waals surface area contributed by atoms with Crippen LogP contribution in [-0.2, 0) is 0 Å². The van der Waals surface area contributed by atoms with Crippen molar-refractivity contribution in [2.75, 3.05) is 18.5 Å². The van der Waals surface area contributed by atoms with Crippen molar-refractivity contribution in [3.63, 3.8) is 0 Å². The lowest BCUT2D eigenvalue weighted by Crippen LogP contribution is -2.17. The van der Waals surface area contributed by atoms with Crippen LogP contribution in [0, 0.1) is 0 Å². The van der Waals surface area contributed by atoms with Gasteiger partial charge in [0, 0.05) is 12.1 Å². The zero-order valence-corrected chi connectivity index (χ0v) is 17.5. The zero-order chi connectivity index (χ0) is 22.2. The molecule has 0 bridgehead atoms. The molecule has 0 spiro atoms. The Labute approximate surface area is 188 Å². The Hall–Kier alpha value is -4.59. The SMILES string of the molecule is O=c1[nH]c2nc(-c3ccc4c(c3)NCCO4)ncc2n1-c1ccc(Oc2ccccc2)cc1. The maximum atomic E-state index is 12.7. The second-order valence-electron chi connectivity index (χ2n) is 7.59. The highest BCUT2D eigenvalue weighted by Crippen LogP contribution is 2.31. The van der Waals surface area contributed by atoms with Gasteiger partial charge in [-0.25, -0.2) is 14.8 Å². The van der Waals surface area contributed by atoms with Crippen molar-refractivity contribution >= 4 is 16.9 Å². The molecule has 1 aliphatic rings. The summed E-state index contributed by atoms with van der Waals surface area (Å²) in [4.78, 5) is 24.7. The number of aromatic nitrogens is 4. The number of H-pyrrole nitrogens is 1. The van der Waals surface area contributed by atoms with E-state index in [-0.39, 0.29) is 5.69 Å². The van der Waals surface area contributed by atoms with Crippen LogP contribution in [0.25, 0.3) is 28.2 Å². The van der Waals surface area contributed by atoms with Gasteiger partial charge in [-0.3, -0.25) is 9.55 Å². The molecule has 8 nitrogen and oxygen atoms in total. The summed E-state index contributed by atoms with van der Waals surface area (Å²) in [6.07, 6.45) is 1.66. The normalized spacial score (nSPS) is 12.6. The van der Waals surface area contributed by atoms with Gasteiger partial charge >= 0.3 is 5.69 Å². The molecule has 0 atom stereocenters. The highest BCUT2D eigenvalue weighted by Gasteiger charge is 2.15. The van der Waals surface area contributed by atoms with Crippen LogP contribution in [0.5, 0.6) is 17.2 Å². The van der Waals surface area contributed by atoms with Crippen molar-refractivity contribution in [3.05, 3.63) is 89.5 Å². The Bertz CT molecular complexity index is 1510. The maximum absolute atomic E-state index is 12.7. The van der Waals surface area contributed by atoms with Gasteiger partial charge < -0.3 is 14.8 Å². The molecule has 0 fully saturated rings. The Kier molecular flexibility index (Phi) is 4.54. The second-order valence-corrected chi connectivity index (χ2v) is 7.59. The standard InChI is InChI=1S/C25H19N5O3/c31-25-29-24-21(15-27-23(28-24)16-6-11-22-20(14-16)26-12-13-32-22)30(25)17-7-9-19(10-8-17)33-18-4-2-1-3-5-18/h1-11,14-15,26H,12-13H2,(H,27,28,29,31). The molecule has 2 aromatic heterocycles. The Morgan fingerprint density at radius 2 is 1.79 bits per heavy atom. The van der Waals surface area contributed by atoms with Crippen LogP contribution in [0.2, 0.25) is 0 Å². The van der Waals surface area contributed by atoms with Gasteiger partial charge in [-0.05, 0) is 54.6 Å². The summed E-state index contributed by atoms with van der Waals surface area (Å²) in [5.74, 6) is 2.77. The monoisotopic (exact) mass is 437 g/mol. The fourth-order valence-corrected chi connectivity index (χ4v) is 3.86. The van der Waals surface area contributed by atoms with Crippen LogP contribution in [0.15, 0.2) is 83.8 Å². The van der Waals surface area contributed by atoms with E-state index in [9.17, 15) is 4.79 Å². The first-order chi connectivity index (χ1) is 16.2. The zero-order valence-electron chi connectivity index (χ0n) is 17.5. The first-order valence-electron chi connectivity index (χ1n) is 10.6. The van der Waals surface area contributed by atoms with Crippen molar-refractivity contribution in [3.8, 4) is 34.3 Å². The molecule has 0 saturated heterocycles. The molecular weight excluding hydrogens is 418 g/mol. The van der Waals surface area contributed by atoms with Gasteiger partial charge in [0.2, 0.25) is 0 Å². The smallest absolute Gasteiger partial charge is 0.332 e. The Balaban J connectivity index is 1.33. The number of benzene rings is 3. The molecule has 6 rings (SSSR count). The van der Waals surface area contributed by atoms with E-state index < -0.39 is 0 Å². The molecule has 0 amide bonds. The van der Waals surface area contributed by atoms with E-state index in [1.807, 2.05) is 72.8 Å². The molecule has 3 heterocycles. The van der Waals surface area contributed by atoms with E-state index in [1.54, 1.807) is 10.8 Å². The van der Waals surface area contributed by atoms with Crippen molar-refractivity contribution in [2.45, 2.75) is 0 Å². The average molecular weight is 437 g/mol. The Morgan fingerprint density at radius 1 is 0.970 bits per heavy atom. The minimum absolute atomic E-state index is 0.284. The summed E-state index contributed by atoms with van der Waals surface area (Å²) >= 11 is 0. The molecule has 5 aromatic rings. The van der Waals surface area contributed by atoms with Crippen LogP contribution >= 0.6 is 0 Å². The summed E-state index contributed by atoms with van der Waals surface area (Å²) in [6.45, 7) is 1.39. The third-order valence-electron chi connectivity index (χ3n) is 5.43. The number of imidazole rings is 1. The van der Waals surface area contributed by atoms with Crippen molar-refractivity contribution in [1.29, 1.82) is 0 Å². The van der Waals surface area contributed by atoms with Gasteiger partial charge in [0.25, 0.3) is 0 Å².